The highest BCUT2D eigenvalue weighted by molar-refractivity contribution is 5.53. The molecule has 0 bridgehead atoms. The Morgan fingerprint density at radius 2 is 1.92 bits per heavy atom. The summed E-state index contributed by atoms with van der Waals surface area (Å²) in [6, 6.07) is 5.41. The molecule has 3 heteroatoms. The minimum atomic E-state index is 0.251. The Bertz CT molecular complexity index is 612. The van der Waals surface area contributed by atoms with E-state index in [1.54, 1.807) is 19.2 Å². The lowest BCUT2D eigenvalue weighted by Crippen LogP contribution is -2.52. The van der Waals surface area contributed by atoms with Crippen LogP contribution in [0.4, 0.5) is 5.69 Å². The van der Waals surface area contributed by atoms with E-state index in [2.05, 4.69) is 33.0 Å². The lowest BCUT2D eigenvalue weighted by molar-refractivity contribution is -0.0885. The van der Waals surface area contributed by atoms with E-state index in [4.69, 9.17) is 4.74 Å². The van der Waals surface area contributed by atoms with Crippen molar-refractivity contribution in [2.45, 2.75) is 59.8 Å². The Morgan fingerprint density at radius 1 is 1.16 bits per heavy atom. The molecule has 0 aromatic heterocycles. The number of fused-ring (bicyclic) bond motifs is 1. The summed E-state index contributed by atoms with van der Waals surface area (Å²) in [5, 5.41) is 13.5. The minimum absolute atomic E-state index is 0.251. The quantitative estimate of drug-likeness (QED) is 0.736. The summed E-state index contributed by atoms with van der Waals surface area (Å²) in [4.78, 5) is 0. The van der Waals surface area contributed by atoms with Crippen molar-refractivity contribution >= 4 is 5.69 Å². The molecule has 0 amide bonds. The van der Waals surface area contributed by atoms with Crippen LogP contribution in [0.15, 0.2) is 18.2 Å². The van der Waals surface area contributed by atoms with Crippen LogP contribution in [0.25, 0.3) is 0 Å². The second-order valence-electron chi connectivity index (χ2n) is 9.36. The second-order valence-corrected chi connectivity index (χ2v) is 9.36. The molecule has 0 saturated heterocycles. The Kier molecular flexibility index (Phi) is 4.96. The van der Waals surface area contributed by atoms with Gasteiger partial charge in [-0.1, -0.05) is 40.5 Å². The fourth-order valence-electron chi connectivity index (χ4n) is 6.08. The molecule has 1 aromatic rings. The van der Waals surface area contributed by atoms with Gasteiger partial charge in [-0.15, -0.1) is 0 Å². The molecule has 0 aliphatic heterocycles. The topological polar surface area (TPSA) is 41.5 Å². The van der Waals surface area contributed by atoms with Crippen LogP contribution >= 0.6 is 0 Å². The van der Waals surface area contributed by atoms with E-state index in [1.165, 1.54) is 32.1 Å². The number of nitrogens with one attached hydrogen (secondary N) is 1. The van der Waals surface area contributed by atoms with Crippen molar-refractivity contribution in [1.82, 2.24) is 0 Å². The van der Waals surface area contributed by atoms with Gasteiger partial charge in [-0.2, -0.15) is 0 Å². The van der Waals surface area contributed by atoms with Crippen molar-refractivity contribution in [3.8, 4) is 11.5 Å². The number of anilines is 1. The fraction of sp³-hybridized carbons (Fsp3) is 0.727. The van der Waals surface area contributed by atoms with Crippen LogP contribution in [-0.4, -0.2) is 18.8 Å². The first kappa shape index (κ1) is 18.4. The Hall–Kier alpha value is -1.38. The van der Waals surface area contributed by atoms with Crippen molar-refractivity contribution < 1.29 is 9.84 Å². The molecule has 3 nitrogen and oxygen atoms in total. The number of hydrogen-bond acceptors (Lipinski definition) is 3. The molecule has 0 heterocycles. The predicted molar refractivity (Wildman–Crippen MR) is 104 cm³/mol. The minimum Gasteiger partial charge on any atom is -0.508 e. The highest BCUT2D eigenvalue weighted by Crippen LogP contribution is 2.61. The number of rotatable bonds is 4. The third kappa shape index (κ3) is 3.47. The molecule has 2 saturated carbocycles. The summed E-state index contributed by atoms with van der Waals surface area (Å²) in [6.45, 7) is 10.9. The normalized spacial score (nSPS) is 34.2. The van der Waals surface area contributed by atoms with Crippen molar-refractivity contribution in [2.24, 2.45) is 28.6 Å². The van der Waals surface area contributed by atoms with E-state index in [9.17, 15) is 5.11 Å². The highest BCUT2D eigenvalue weighted by Gasteiger charge is 2.53. The lowest BCUT2D eigenvalue weighted by Gasteiger charge is -2.59. The van der Waals surface area contributed by atoms with E-state index < -0.39 is 0 Å². The van der Waals surface area contributed by atoms with Gasteiger partial charge in [0.2, 0.25) is 0 Å². The number of hydrogen-bond donors (Lipinski definition) is 2. The molecule has 4 atom stereocenters. The van der Waals surface area contributed by atoms with Crippen LogP contribution in [0.3, 0.4) is 0 Å². The molecule has 0 radical (unpaired) electrons. The highest BCUT2D eigenvalue weighted by atomic mass is 16.5. The number of benzene rings is 1. The van der Waals surface area contributed by atoms with Crippen molar-refractivity contribution in [3.05, 3.63) is 18.2 Å². The van der Waals surface area contributed by atoms with Crippen LogP contribution in [0, 0.1) is 28.6 Å². The molecule has 2 N–H and O–H groups in total. The molecule has 0 spiro atoms. The molecular formula is C22H35NO2. The zero-order valence-electron chi connectivity index (χ0n) is 16.6. The number of ether oxygens (including phenoxy) is 1. The van der Waals surface area contributed by atoms with Gasteiger partial charge in [-0.05, 0) is 47.8 Å². The van der Waals surface area contributed by atoms with Crippen LogP contribution in [0.2, 0.25) is 0 Å². The summed E-state index contributed by atoms with van der Waals surface area (Å²) in [6.07, 6.45) is 6.77. The molecule has 3 rings (SSSR count). The zero-order valence-corrected chi connectivity index (χ0v) is 16.6. The van der Waals surface area contributed by atoms with Crippen LogP contribution in [-0.2, 0) is 0 Å². The molecule has 2 aliphatic carbocycles. The van der Waals surface area contributed by atoms with Crippen LogP contribution < -0.4 is 10.1 Å². The molecule has 2 aliphatic rings. The molecule has 25 heavy (non-hydrogen) atoms. The maximum absolute atomic E-state index is 9.90. The number of methoxy groups -OCH3 is 1. The van der Waals surface area contributed by atoms with E-state index in [0.717, 1.165) is 24.1 Å². The van der Waals surface area contributed by atoms with E-state index in [-0.39, 0.29) is 5.75 Å². The SMILES string of the molecule is COc1cc(O)cc(NCC2C(C)CCC3C(C)(C)CCCC23C)c1. The summed E-state index contributed by atoms with van der Waals surface area (Å²) >= 11 is 0. The maximum Gasteiger partial charge on any atom is 0.124 e. The first-order valence-electron chi connectivity index (χ1n) is 9.88. The zero-order chi connectivity index (χ0) is 18.2. The molecule has 1 aromatic carbocycles. The van der Waals surface area contributed by atoms with Gasteiger partial charge < -0.3 is 15.2 Å². The average Bonchev–Trinajstić information content (AvgIpc) is 2.52. The summed E-state index contributed by atoms with van der Waals surface area (Å²) in [7, 11) is 1.64. The number of aromatic hydroxyl groups is 1. The largest absolute Gasteiger partial charge is 0.508 e. The molecule has 4 unspecified atom stereocenters. The smallest absolute Gasteiger partial charge is 0.124 e. The maximum atomic E-state index is 9.90. The van der Waals surface area contributed by atoms with Crippen molar-refractivity contribution in [3.63, 3.8) is 0 Å². The van der Waals surface area contributed by atoms with Gasteiger partial charge in [0.25, 0.3) is 0 Å². The Labute approximate surface area is 153 Å². The summed E-state index contributed by atoms with van der Waals surface area (Å²) < 4.78 is 5.28. The van der Waals surface area contributed by atoms with Gasteiger partial charge in [0.15, 0.2) is 0 Å². The number of phenols is 1. The van der Waals surface area contributed by atoms with Crippen LogP contribution in [0.1, 0.15) is 59.8 Å². The van der Waals surface area contributed by atoms with Gasteiger partial charge in [0, 0.05) is 30.4 Å². The summed E-state index contributed by atoms with van der Waals surface area (Å²) in [5.74, 6) is 3.17. The van der Waals surface area contributed by atoms with Crippen molar-refractivity contribution in [2.75, 3.05) is 19.0 Å². The van der Waals surface area contributed by atoms with Crippen molar-refractivity contribution in [1.29, 1.82) is 0 Å². The van der Waals surface area contributed by atoms with E-state index >= 15 is 0 Å². The van der Waals surface area contributed by atoms with E-state index in [1.807, 2.05) is 6.07 Å². The monoisotopic (exact) mass is 345 g/mol. The average molecular weight is 346 g/mol. The molecule has 2 fully saturated rings. The number of phenolic OH excluding ortho intramolecular Hbond substituents is 1. The standard InChI is InChI=1S/C22H35NO2/c1-15-7-8-20-21(2,3)9-6-10-22(20,4)19(15)14-23-16-11-17(24)13-18(12-16)25-5/h11-13,15,19-20,23-24H,6-10,14H2,1-5H3. The molecular weight excluding hydrogens is 310 g/mol. The first-order chi connectivity index (χ1) is 11.8. The summed E-state index contributed by atoms with van der Waals surface area (Å²) in [5.41, 5.74) is 1.82. The van der Waals surface area contributed by atoms with Gasteiger partial charge in [-0.25, -0.2) is 0 Å². The first-order valence-corrected chi connectivity index (χ1v) is 9.88. The Balaban J connectivity index is 1.79. The Morgan fingerprint density at radius 3 is 2.64 bits per heavy atom. The fourth-order valence-corrected chi connectivity index (χ4v) is 6.08. The van der Waals surface area contributed by atoms with Gasteiger partial charge in [0.05, 0.1) is 7.11 Å². The van der Waals surface area contributed by atoms with Crippen LogP contribution in [0.5, 0.6) is 11.5 Å². The predicted octanol–water partition coefficient (Wildman–Crippen LogP) is 5.69. The van der Waals surface area contributed by atoms with Gasteiger partial charge in [0.1, 0.15) is 11.5 Å². The van der Waals surface area contributed by atoms with Gasteiger partial charge >= 0.3 is 0 Å². The second kappa shape index (κ2) is 6.74. The third-order valence-electron chi connectivity index (χ3n) is 7.37. The van der Waals surface area contributed by atoms with E-state index in [0.29, 0.717) is 22.5 Å². The third-order valence-corrected chi connectivity index (χ3v) is 7.37. The lowest BCUT2D eigenvalue weighted by atomic mass is 9.46. The molecule has 140 valence electrons. The van der Waals surface area contributed by atoms with Gasteiger partial charge in [-0.3, -0.25) is 0 Å².